The number of anilines is 1. The molecule has 1 aromatic heterocycles. The van der Waals surface area contributed by atoms with Gasteiger partial charge in [0.15, 0.2) is 23.3 Å². The molecule has 4 aromatic rings. The minimum atomic E-state index is -2.37. The number of carboxylic acids is 1. The van der Waals surface area contributed by atoms with Crippen molar-refractivity contribution in [2.45, 2.75) is 25.8 Å². The van der Waals surface area contributed by atoms with Crippen molar-refractivity contribution in [3.63, 3.8) is 0 Å². The molecule has 0 unspecified atom stereocenters. The number of benzene rings is 3. The Labute approximate surface area is 217 Å². The second kappa shape index (κ2) is 9.54. The summed E-state index contributed by atoms with van der Waals surface area (Å²) >= 11 is 0. The van der Waals surface area contributed by atoms with E-state index in [4.69, 9.17) is 6.42 Å². The molecule has 3 aromatic carbocycles. The zero-order chi connectivity index (χ0) is 28.2. The summed E-state index contributed by atoms with van der Waals surface area (Å²) in [7, 11) is 0. The molecule has 0 radical (unpaired) electrons. The summed E-state index contributed by atoms with van der Waals surface area (Å²) in [6.45, 7) is 1.43. The predicted octanol–water partition coefficient (Wildman–Crippen LogP) is 5.42. The zero-order valence-electron chi connectivity index (χ0n) is 20.2. The molecule has 0 spiro atoms. The van der Waals surface area contributed by atoms with E-state index in [2.05, 4.69) is 15.9 Å². The molecule has 1 aliphatic carbocycles. The van der Waals surface area contributed by atoms with E-state index in [1.54, 1.807) is 19.1 Å². The molecule has 0 saturated carbocycles. The third-order valence-corrected chi connectivity index (χ3v) is 6.81. The van der Waals surface area contributed by atoms with E-state index in [-0.39, 0.29) is 23.2 Å². The second-order valence-electron chi connectivity index (χ2n) is 9.06. The summed E-state index contributed by atoms with van der Waals surface area (Å²) in [5, 5.41) is 10.1. The molecule has 11 heteroatoms. The highest BCUT2D eigenvalue weighted by molar-refractivity contribution is 6.01. The van der Waals surface area contributed by atoms with Crippen molar-refractivity contribution in [1.82, 2.24) is 9.97 Å². The van der Waals surface area contributed by atoms with Gasteiger partial charge in [0.05, 0.1) is 34.6 Å². The lowest BCUT2D eigenvalue weighted by Gasteiger charge is -2.33. The minimum Gasteiger partial charge on any atom is -0.478 e. The maximum atomic E-state index is 15.0. The molecule has 0 saturated heterocycles. The summed E-state index contributed by atoms with van der Waals surface area (Å²) < 4.78 is 72.3. The van der Waals surface area contributed by atoms with Crippen LogP contribution in [0.4, 0.5) is 27.6 Å². The number of hydrogen-bond donors (Lipinski definition) is 2. The summed E-state index contributed by atoms with van der Waals surface area (Å²) in [4.78, 5) is 33.2. The van der Waals surface area contributed by atoms with Crippen LogP contribution in [-0.4, -0.2) is 27.6 Å². The molecule has 1 aliphatic rings. The van der Waals surface area contributed by atoms with Crippen LogP contribution in [0.1, 0.15) is 39.8 Å². The van der Waals surface area contributed by atoms with Gasteiger partial charge in [0.2, 0.25) is 5.82 Å². The lowest BCUT2D eigenvalue weighted by molar-refractivity contribution is 0.0697. The topological polar surface area (TPSA) is 86.3 Å². The summed E-state index contributed by atoms with van der Waals surface area (Å²) in [5.41, 5.74) is -1.39. The van der Waals surface area contributed by atoms with Crippen LogP contribution < -0.4 is 10.5 Å². The Morgan fingerprint density at radius 2 is 1.77 bits per heavy atom. The van der Waals surface area contributed by atoms with Crippen molar-refractivity contribution in [1.29, 1.82) is 0 Å². The van der Waals surface area contributed by atoms with Gasteiger partial charge in [-0.2, -0.15) is 0 Å². The maximum absolute atomic E-state index is 15.0. The van der Waals surface area contributed by atoms with Crippen LogP contribution in [-0.2, 0) is 6.42 Å². The van der Waals surface area contributed by atoms with Gasteiger partial charge in [-0.1, -0.05) is 12.0 Å². The summed E-state index contributed by atoms with van der Waals surface area (Å²) in [5.74, 6) is -9.94. The number of aromatic amines is 1. The van der Waals surface area contributed by atoms with Crippen LogP contribution in [0, 0.1) is 48.4 Å². The molecule has 39 heavy (non-hydrogen) atoms. The van der Waals surface area contributed by atoms with Crippen molar-refractivity contribution in [2.24, 2.45) is 0 Å². The Balaban J connectivity index is 1.78. The molecule has 2 N–H and O–H groups in total. The first-order chi connectivity index (χ1) is 18.5. The van der Waals surface area contributed by atoms with Crippen LogP contribution in [0.25, 0.3) is 22.0 Å². The fourth-order valence-corrected chi connectivity index (χ4v) is 5.17. The summed E-state index contributed by atoms with van der Waals surface area (Å²) in [6.07, 6.45) is 6.51. The smallest absolute Gasteiger partial charge is 0.336 e. The van der Waals surface area contributed by atoms with Gasteiger partial charge < -0.3 is 15.0 Å². The van der Waals surface area contributed by atoms with E-state index in [0.717, 1.165) is 11.6 Å². The van der Waals surface area contributed by atoms with E-state index in [0.29, 0.717) is 29.7 Å². The first-order valence-corrected chi connectivity index (χ1v) is 11.7. The number of terminal acetylenes is 1. The molecular weight excluding hydrogens is 521 g/mol. The number of rotatable bonds is 5. The Bertz CT molecular complexity index is 1770. The number of aromatic nitrogens is 2. The number of fused-ring (bicyclic) bond motifs is 2. The molecule has 5 rings (SSSR count). The van der Waals surface area contributed by atoms with E-state index in [1.807, 2.05) is 0 Å². The molecule has 1 heterocycles. The highest BCUT2D eigenvalue weighted by Gasteiger charge is 2.35. The number of hydrogen-bond acceptors (Lipinski definition) is 4. The second-order valence-corrected chi connectivity index (χ2v) is 9.06. The molecule has 0 bridgehead atoms. The quantitative estimate of drug-likeness (QED) is 0.153. The Hall–Kier alpha value is -4.72. The summed E-state index contributed by atoms with van der Waals surface area (Å²) in [6, 6.07) is 6.33. The number of nitrogens with zero attached hydrogens (tertiary/aromatic N) is 2. The van der Waals surface area contributed by atoms with Crippen molar-refractivity contribution < 1.29 is 31.9 Å². The van der Waals surface area contributed by atoms with E-state index in [9.17, 15) is 27.9 Å². The number of aromatic carboxylic acids is 1. The van der Waals surface area contributed by atoms with Crippen molar-refractivity contribution in [2.75, 3.05) is 11.4 Å². The Morgan fingerprint density at radius 3 is 2.41 bits per heavy atom. The molecule has 6 nitrogen and oxygen atoms in total. The predicted molar refractivity (Wildman–Crippen MR) is 133 cm³/mol. The van der Waals surface area contributed by atoms with E-state index < -0.39 is 57.8 Å². The maximum Gasteiger partial charge on any atom is 0.336 e. The van der Waals surface area contributed by atoms with Crippen molar-refractivity contribution in [3.8, 4) is 23.5 Å². The van der Waals surface area contributed by atoms with Crippen LogP contribution in [0.3, 0.4) is 0 Å². The highest BCUT2D eigenvalue weighted by Crippen LogP contribution is 2.45. The van der Waals surface area contributed by atoms with Crippen LogP contribution in [0.15, 0.2) is 35.1 Å². The van der Waals surface area contributed by atoms with Gasteiger partial charge in [0, 0.05) is 11.3 Å². The minimum absolute atomic E-state index is 0.148. The third kappa shape index (κ3) is 4.09. The number of carboxylic acid groups (broad SMARTS) is 1. The van der Waals surface area contributed by atoms with Gasteiger partial charge in [-0.25, -0.2) is 31.7 Å². The fraction of sp³-hybridized carbons (Fsp3) is 0.179. The van der Waals surface area contributed by atoms with Gasteiger partial charge in [-0.05, 0) is 55.2 Å². The highest BCUT2D eigenvalue weighted by atomic mass is 19.2. The average Bonchev–Trinajstić information content (AvgIpc) is 3.31. The number of nitrogens with one attached hydrogen (secondary N) is 1. The standard InChI is InChI=1S/C28H18F5N3O3/c1-3-9-36(18-8-7-13-10-17-16(11-15(13)18)27(37)35-12(2)34-17)19-6-4-5-14(28(38)39)20(19)21-22(29)24(31)26(33)25(32)23(21)30/h1,4-6,10-11,18H,7-9H2,2H3,(H,38,39)(H,34,35,37)/t18-/m1/s1. The zero-order valence-corrected chi connectivity index (χ0v) is 20.2. The number of halogens is 5. The SMILES string of the molecule is C#CCN(c1cccc(C(=O)O)c1-c1c(F)c(F)c(F)c(F)c1F)[C@@H]1CCc2cc3nc(C)[nH]c(=O)c3cc21. The lowest BCUT2D eigenvalue weighted by Crippen LogP contribution is -2.29. The molecule has 0 fully saturated rings. The Morgan fingerprint density at radius 1 is 1.10 bits per heavy atom. The molecule has 0 amide bonds. The third-order valence-electron chi connectivity index (χ3n) is 6.81. The first kappa shape index (κ1) is 25.9. The van der Waals surface area contributed by atoms with Crippen LogP contribution >= 0.6 is 0 Å². The van der Waals surface area contributed by atoms with Crippen LogP contribution in [0.2, 0.25) is 0 Å². The van der Waals surface area contributed by atoms with Gasteiger partial charge in [0.25, 0.3) is 5.56 Å². The normalized spacial score (nSPS) is 14.3. The largest absolute Gasteiger partial charge is 0.478 e. The molecular formula is C28H18F5N3O3. The Kier molecular flexibility index (Phi) is 6.34. The lowest BCUT2D eigenvalue weighted by atomic mass is 9.94. The van der Waals surface area contributed by atoms with Gasteiger partial charge in [0.1, 0.15) is 5.82 Å². The average molecular weight is 539 g/mol. The molecule has 0 aliphatic heterocycles. The van der Waals surface area contributed by atoms with Gasteiger partial charge in [-0.3, -0.25) is 4.79 Å². The number of H-pyrrole nitrogens is 1. The molecule has 1 atom stereocenters. The van der Waals surface area contributed by atoms with Crippen molar-refractivity contribution in [3.05, 3.63) is 92.3 Å². The van der Waals surface area contributed by atoms with Crippen molar-refractivity contribution >= 4 is 22.6 Å². The fourth-order valence-electron chi connectivity index (χ4n) is 5.17. The van der Waals surface area contributed by atoms with E-state index in [1.165, 1.54) is 17.0 Å². The van der Waals surface area contributed by atoms with E-state index >= 15 is 8.78 Å². The molecule has 198 valence electrons. The van der Waals surface area contributed by atoms with Crippen LogP contribution in [0.5, 0.6) is 0 Å². The number of carbonyl (C=O) groups is 1. The monoisotopic (exact) mass is 539 g/mol. The van der Waals surface area contributed by atoms with Gasteiger partial charge in [-0.15, -0.1) is 6.42 Å². The number of aryl methyl sites for hydroxylation is 2. The first-order valence-electron chi connectivity index (χ1n) is 11.7. The van der Waals surface area contributed by atoms with Gasteiger partial charge >= 0.3 is 5.97 Å².